The molecule has 0 saturated carbocycles. The van der Waals surface area contributed by atoms with Crippen LogP contribution in [0, 0.1) is 0 Å². The molecule has 0 N–H and O–H groups in total. The Morgan fingerprint density at radius 1 is 0.727 bits per heavy atom. The molecule has 0 heterocycles. The molecular weight excluding hydrogens is 309 g/mol. The first kappa shape index (κ1) is 22.0. The summed E-state index contributed by atoms with van der Waals surface area (Å²) in [6.07, 6.45) is 0. The molecule has 0 radical (unpaired) electrons. The SMILES string of the molecule is C[Si](C)(C)[N-]C(=C([Si](C)(C)C)[Si](C)(C)C)c1ccccc1.[Li+]. The van der Waals surface area contributed by atoms with Gasteiger partial charge in [0, 0.05) is 0 Å². The number of rotatable bonds is 5. The van der Waals surface area contributed by atoms with Gasteiger partial charge in [-0.1, -0.05) is 89.3 Å². The van der Waals surface area contributed by atoms with Gasteiger partial charge in [-0.2, -0.15) is 0 Å². The van der Waals surface area contributed by atoms with E-state index >= 15 is 0 Å². The van der Waals surface area contributed by atoms with Gasteiger partial charge in [0.25, 0.3) is 0 Å². The topological polar surface area (TPSA) is 14.1 Å². The summed E-state index contributed by atoms with van der Waals surface area (Å²) in [6, 6.07) is 10.8. The van der Waals surface area contributed by atoms with E-state index in [-0.39, 0.29) is 18.9 Å². The van der Waals surface area contributed by atoms with E-state index in [2.05, 4.69) is 89.3 Å². The van der Waals surface area contributed by atoms with E-state index < -0.39 is 24.4 Å². The minimum absolute atomic E-state index is 0. The van der Waals surface area contributed by atoms with Gasteiger partial charge in [-0.15, -0.1) is 10.5 Å². The van der Waals surface area contributed by atoms with E-state index in [9.17, 15) is 0 Å². The molecule has 1 aromatic carbocycles. The van der Waals surface area contributed by atoms with Gasteiger partial charge in [0.05, 0.1) is 16.1 Å². The zero-order valence-corrected chi connectivity index (χ0v) is 19.3. The van der Waals surface area contributed by atoms with Gasteiger partial charge in [0.15, 0.2) is 0 Å². The monoisotopic (exact) mass is 341 g/mol. The van der Waals surface area contributed by atoms with Crippen LogP contribution >= 0.6 is 0 Å². The van der Waals surface area contributed by atoms with Crippen molar-refractivity contribution < 1.29 is 18.9 Å². The summed E-state index contributed by atoms with van der Waals surface area (Å²) in [7, 11) is -4.31. The fourth-order valence-electron chi connectivity index (χ4n) is 3.03. The van der Waals surface area contributed by atoms with Crippen molar-refractivity contribution >= 4 is 30.1 Å². The fourth-order valence-corrected chi connectivity index (χ4v) is 15.0. The molecular formula is C17H32LiNSi3. The Labute approximate surface area is 153 Å². The smallest absolute Gasteiger partial charge is 0.687 e. The molecule has 0 aliphatic rings. The van der Waals surface area contributed by atoms with Crippen LogP contribution in [0.1, 0.15) is 5.56 Å². The van der Waals surface area contributed by atoms with E-state index in [1.807, 2.05) is 0 Å². The third-order valence-electron chi connectivity index (χ3n) is 3.23. The maximum atomic E-state index is 5.30. The van der Waals surface area contributed by atoms with Crippen LogP contribution in [-0.4, -0.2) is 24.4 Å². The predicted molar refractivity (Wildman–Crippen MR) is 107 cm³/mol. The number of benzene rings is 1. The number of nitrogens with zero attached hydrogens (tertiary/aromatic N) is 1. The Morgan fingerprint density at radius 3 is 1.45 bits per heavy atom. The summed E-state index contributed by atoms with van der Waals surface area (Å²) in [6.45, 7) is 21.9. The Kier molecular flexibility index (Phi) is 7.72. The summed E-state index contributed by atoms with van der Waals surface area (Å²) in [5.74, 6) is 0. The predicted octanol–water partition coefficient (Wildman–Crippen LogP) is 3.37. The number of hydrogen-bond acceptors (Lipinski definition) is 0. The second-order valence-electron chi connectivity index (χ2n) is 8.87. The average Bonchev–Trinajstić information content (AvgIpc) is 2.23. The van der Waals surface area contributed by atoms with Crippen LogP contribution in [0.3, 0.4) is 0 Å². The molecule has 118 valence electrons. The summed E-state index contributed by atoms with van der Waals surface area (Å²) in [5.41, 5.74) is 2.66. The number of hydrogen-bond donors (Lipinski definition) is 0. The summed E-state index contributed by atoms with van der Waals surface area (Å²) in [4.78, 5) is 7.03. The molecule has 0 amide bonds. The van der Waals surface area contributed by atoms with Crippen molar-refractivity contribution in [2.24, 2.45) is 0 Å². The van der Waals surface area contributed by atoms with Crippen LogP contribution in [0.2, 0.25) is 58.9 Å². The van der Waals surface area contributed by atoms with Gasteiger partial charge in [0.2, 0.25) is 0 Å². The zero-order valence-electron chi connectivity index (χ0n) is 16.3. The molecule has 0 saturated heterocycles. The average molecular weight is 342 g/mol. The van der Waals surface area contributed by atoms with Gasteiger partial charge < -0.3 is 4.98 Å². The van der Waals surface area contributed by atoms with Crippen LogP contribution in [0.25, 0.3) is 10.7 Å². The molecule has 0 aromatic heterocycles. The fraction of sp³-hybridized carbons (Fsp3) is 0.529. The first-order valence-electron chi connectivity index (χ1n) is 7.86. The van der Waals surface area contributed by atoms with Crippen LogP contribution < -0.4 is 18.9 Å². The zero-order chi connectivity index (χ0) is 16.5. The van der Waals surface area contributed by atoms with Gasteiger partial charge in [0.1, 0.15) is 0 Å². The first-order chi connectivity index (χ1) is 9.32. The molecule has 1 rings (SSSR count). The molecule has 0 aliphatic heterocycles. The second kappa shape index (κ2) is 7.72. The van der Waals surface area contributed by atoms with Crippen LogP contribution in [0.15, 0.2) is 35.2 Å². The van der Waals surface area contributed by atoms with Gasteiger partial charge in [-0.25, -0.2) is 0 Å². The molecule has 1 aromatic rings. The molecule has 0 aliphatic carbocycles. The van der Waals surface area contributed by atoms with Crippen molar-refractivity contribution in [1.29, 1.82) is 0 Å². The molecule has 0 spiro atoms. The van der Waals surface area contributed by atoms with Crippen molar-refractivity contribution in [3.8, 4) is 0 Å². The third kappa shape index (κ3) is 6.63. The Hall–Kier alpha value is 0.00805. The van der Waals surface area contributed by atoms with E-state index in [0.717, 1.165) is 0 Å². The Bertz CT molecular complexity index is 489. The van der Waals surface area contributed by atoms with Crippen LogP contribution in [0.5, 0.6) is 0 Å². The van der Waals surface area contributed by atoms with Crippen molar-refractivity contribution in [3.63, 3.8) is 0 Å². The summed E-state index contributed by atoms with van der Waals surface area (Å²) >= 11 is 0. The largest absolute Gasteiger partial charge is 1.00 e. The molecule has 22 heavy (non-hydrogen) atoms. The van der Waals surface area contributed by atoms with E-state index in [1.165, 1.54) is 11.3 Å². The van der Waals surface area contributed by atoms with E-state index in [0.29, 0.717) is 0 Å². The van der Waals surface area contributed by atoms with Gasteiger partial charge >= 0.3 is 18.9 Å². The maximum absolute atomic E-state index is 5.30. The molecule has 0 atom stereocenters. The van der Waals surface area contributed by atoms with Crippen molar-refractivity contribution in [1.82, 2.24) is 0 Å². The van der Waals surface area contributed by atoms with Crippen molar-refractivity contribution in [2.75, 3.05) is 0 Å². The molecule has 1 nitrogen and oxygen atoms in total. The minimum Gasteiger partial charge on any atom is -0.687 e. The second-order valence-corrected chi connectivity index (χ2v) is 23.9. The van der Waals surface area contributed by atoms with Crippen LogP contribution in [0.4, 0.5) is 0 Å². The summed E-state index contributed by atoms with van der Waals surface area (Å²) < 4.78 is 0. The van der Waals surface area contributed by atoms with E-state index in [1.54, 1.807) is 4.82 Å². The van der Waals surface area contributed by atoms with E-state index in [4.69, 9.17) is 4.98 Å². The Morgan fingerprint density at radius 2 is 1.14 bits per heavy atom. The van der Waals surface area contributed by atoms with Crippen LogP contribution in [-0.2, 0) is 0 Å². The van der Waals surface area contributed by atoms with Gasteiger partial charge in [-0.3, -0.25) is 0 Å². The quantitative estimate of drug-likeness (QED) is 0.729. The standard InChI is InChI=1S/C17H32NSi3.Li/c1-19(2,3)17(20(4,5)6)16(18-21(7,8)9)15-13-11-10-12-14-15;/h10-14H,1-9H3;/q-1;+1. The van der Waals surface area contributed by atoms with Gasteiger partial charge in [-0.05, 0) is 13.8 Å². The minimum atomic E-state index is -1.51. The first-order valence-corrected chi connectivity index (χ1v) is 18.3. The normalized spacial score (nSPS) is 12.4. The molecule has 5 heteroatoms. The maximum Gasteiger partial charge on any atom is 1.00 e. The molecule has 0 unspecified atom stereocenters. The summed E-state index contributed by atoms with van der Waals surface area (Å²) in [5, 5.41) is 0. The molecule has 0 fully saturated rings. The van der Waals surface area contributed by atoms with Crippen molar-refractivity contribution in [3.05, 3.63) is 45.7 Å². The molecule has 0 bridgehead atoms. The van der Waals surface area contributed by atoms with Crippen molar-refractivity contribution in [2.45, 2.75) is 58.9 Å². The third-order valence-corrected chi connectivity index (χ3v) is 12.1. The Balaban J connectivity index is 0.00000441.